The van der Waals surface area contributed by atoms with E-state index in [0.717, 1.165) is 27.1 Å². The molecule has 2 aromatic carbocycles. The number of carbonyl (C=O) groups excluding carboxylic acids is 1. The van der Waals surface area contributed by atoms with Gasteiger partial charge in [0.05, 0.1) is 17.7 Å². The number of benzene rings is 2. The van der Waals surface area contributed by atoms with E-state index in [1.165, 1.54) is 17.4 Å². The van der Waals surface area contributed by atoms with Crippen molar-refractivity contribution in [2.75, 3.05) is 25.1 Å². The number of thiophene rings is 1. The lowest BCUT2D eigenvalue weighted by molar-refractivity contribution is -0.384. The Morgan fingerprint density at radius 2 is 2.15 bits per heavy atom. The van der Waals surface area contributed by atoms with Gasteiger partial charge in [-0.25, -0.2) is 0 Å². The van der Waals surface area contributed by atoms with Crippen LogP contribution in [-0.2, 0) is 6.54 Å². The summed E-state index contributed by atoms with van der Waals surface area (Å²) in [6.07, 6.45) is 0. The summed E-state index contributed by atoms with van der Waals surface area (Å²) in [4.78, 5) is 26.0. The van der Waals surface area contributed by atoms with Gasteiger partial charge in [-0.05, 0) is 23.8 Å². The van der Waals surface area contributed by atoms with E-state index in [0.29, 0.717) is 24.5 Å². The van der Waals surface area contributed by atoms with Crippen LogP contribution in [0.4, 0.5) is 11.4 Å². The molecule has 7 nitrogen and oxygen atoms in total. The van der Waals surface area contributed by atoms with E-state index in [2.05, 4.69) is 10.2 Å². The molecule has 27 heavy (non-hydrogen) atoms. The molecule has 1 aliphatic rings. The molecule has 8 heteroatoms. The standard InChI is InChI=1S/C19H17N3O4S/c1-26-14-5-6-16-15(10-14)17-18(27-16)19(23)20-7-8-21(17)11-12-3-2-4-13(9-12)22(24)25/h2-6,9-10H,7-8,11H2,1H3,(H,20,23). The van der Waals surface area contributed by atoms with E-state index in [1.54, 1.807) is 19.2 Å². The van der Waals surface area contributed by atoms with Gasteiger partial charge in [0, 0.05) is 41.9 Å². The largest absolute Gasteiger partial charge is 0.497 e. The molecule has 0 unspecified atom stereocenters. The third-order valence-corrected chi connectivity index (χ3v) is 5.71. The average Bonchev–Trinajstić information content (AvgIpc) is 2.98. The zero-order valence-corrected chi connectivity index (χ0v) is 15.4. The first-order chi connectivity index (χ1) is 13.1. The quantitative estimate of drug-likeness (QED) is 0.550. The molecule has 1 N–H and O–H groups in total. The number of amides is 1. The lowest BCUT2D eigenvalue weighted by atomic mass is 10.1. The number of hydrogen-bond acceptors (Lipinski definition) is 6. The number of hydrogen-bond donors (Lipinski definition) is 1. The highest BCUT2D eigenvalue weighted by atomic mass is 32.1. The summed E-state index contributed by atoms with van der Waals surface area (Å²) in [5.41, 5.74) is 1.75. The summed E-state index contributed by atoms with van der Waals surface area (Å²) < 4.78 is 6.35. The number of nitrogens with one attached hydrogen (secondary N) is 1. The maximum absolute atomic E-state index is 12.5. The van der Waals surface area contributed by atoms with Crippen LogP contribution in [0.25, 0.3) is 10.1 Å². The summed E-state index contributed by atoms with van der Waals surface area (Å²) in [6.45, 7) is 1.61. The number of non-ortho nitro benzene ring substituents is 1. The molecule has 0 saturated heterocycles. The number of carbonyl (C=O) groups is 1. The predicted octanol–water partition coefficient (Wildman–Crippen LogP) is 3.57. The molecule has 1 amide bonds. The van der Waals surface area contributed by atoms with Gasteiger partial charge < -0.3 is 15.0 Å². The van der Waals surface area contributed by atoms with Crippen LogP contribution in [0, 0.1) is 10.1 Å². The van der Waals surface area contributed by atoms with E-state index in [9.17, 15) is 14.9 Å². The normalized spacial score (nSPS) is 13.8. The molecule has 1 aromatic heterocycles. The molecule has 0 fully saturated rings. The van der Waals surface area contributed by atoms with Crippen molar-refractivity contribution in [3.8, 4) is 5.75 Å². The second-order valence-corrected chi connectivity index (χ2v) is 7.30. The number of methoxy groups -OCH3 is 1. The van der Waals surface area contributed by atoms with Crippen LogP contribution in [0.15, 0.2) is 42.5 Å². The zero-order valence-electron chi connectivity index (χ0n) is 14.6. The molecule has 3 aromatic rings. The van der Waals surface area contributed by atoms with E-state index >= 15 is 0 Å². The molecule has 138 valence electrons. The number of fused-ring (bicyclic) bond motifs is 3. The first-order valence-corrected chi connectivity index (χ1v) is 9.25. The smallest absolute Gasteiger partial charge is 0.269 e. The van der Waals surface area contributed by atoms with E-state index < -0.39 is 4.92 Å². The van der Waals surface area contributed by atoms with Crippen LogP contribution in [0.2, 0.25) is 0 Å². The van der Waals surface area contributed by atoms with Crippen molar-refractivity contribution < 1.29 is 14.5 Å². The number of nitro benzene ring substituents is 1. The summed E-state index contributed by atoms with van der Waals surface area (Å²) in [5, 5.41) is 15.0. The van der Waals surface area contributed by atoms with Crippen LogP contribution < -0.4 is 15.0 Å². The number of ether oxygens (including phenoxy) is 1. The minimum Gasteiger partial charge on any atom is -0.497 e. The van der Waals surface area contributed by atoms with Crippen molar-refractivity contribution in [2.45, 2.75) is 6.54 Å². The summed E-state index contributed by atoms with van der Waals surface area (Å²) in [6, 6.07) is 12.4. The second kappa shape index (κ2) is 6.88. The highest BCUT2D eigenvalue weighted by Gasteiger charge is 2.26. The topological polar surface area (TPSA) is 84.7 Å². The second-order valence-electron chi connectivity index (χ2n) is 6.25. The van der Waals surface area contributed by atoms with Gasteiger partial charge in [-0.3, -0.25) is 14.9 Å². The van der Waals surface area contributed by atoms with Crippen molar-refractivity contribution in [1.82, 2.24) is 5.32 Å². The SMILES string of the molecule is COc1ccc2sc3c(c2c1)N(Cc1cccc([N+](=O)[O-])c1)CCNC3=O. The molecular formula is C19H17N3O4S. The molecule has 1 aliphatic heterocycles. The molecule has 2 heterocycles. The monoisotopic (exact) mass is 383 g/mol. The van der Waals surface area contributed by atoms with Gasteiger partial charge in [-0.15, -0.1) is 11.3 Å². The van der Waals surface area contributed by atoms with Crippen molar-refractivity contribution >= 4 is 38.7 Å². The molecule has 0 spiro atoms. The third kappa shape index (κ3) is 3.19. The number of nitro groups is 1. The molecular weight excluding hydrogens is 366 g/mol. The lowest BCUT2D eigenvalue weighted by Crippen LogP contribution is -2.29. The Morgan fingerprint density at radius 3 is 2.93 bits per heavy atom. The Hall–Kier alpha value is -3.13. The van der Waals surface area contributed by atoms with Gasteiger partial charge in [-0.1, -0.05) is 12.1 Å². The van der Waals surface area contributed by atoms with E-state index in [1.807, 2.05) is 24.3 Å². The van der Waals surface area contributed by atoms with Gasteiger partial charge in [0.1, 0.15) is 10.6 Å². The Labute approximate surface area is 159 Å². The zero-order chi connectivity index (χ0) is 19.0. The van der Waals surface area contributed by atoms with Crippen molar-refractivity contribution in [3.05, 3.63) is 63.0 Å². The first-order valence-electron chi connectivity index (χ1n) is 8.44. The van der Waals surface area contributed by atoms with Crippen LogP contribution in [-0.4, -0.2) is 31.0 Å². The molecule has 0 atom stereocenters. The Morgan fingerprint density at radius 1 is 1.30 bits per heavy atom. The minimum atomic E-state index is -0.396. The summed E-state index contributed by atoms with van der Waals surface area (Å²) in [7, 11) is 1.61. The van der Waals surface area contributed by atoms with Crippen LogP contribution in [0.1, 0.15) is 15.2 Å². The Balaban J connectivity index is 1.80. The highest BCUT2D eigenvalue weighted by molar-refractivity contribution is 7.21. The van der Waals surface area contributed by atoms with Gasteiger partial charge in [0.15, 0.2) is 0 Å². The fourth-order valence-electron chi connectivity index (χ4n) is 3.30. The van der Waals surface area contributed by atoms with Crippen molar-refractivity contribution in [3.63, 3.8) is 0 Å². The van der Waals surface area contributed by atoms with E-state index in [-0.39, 0.29) is 11.6 Å². The van der Waals surface area contributed by atoms with Crippen LogP contribution in [0.5, 0.6) is 5.75 Å². The maximum atomic E-state index is 12.5. The number of anilines is 1. The third-order valence-electron chi connectivity index (χ3n) is 4.55. The van der Waals surface area contributed by atoms with Gasteiger partial charge in [-0.2, -0.15) is 0 Å². The van der Waals surface area contributed by atoms with Crippen LogP contribution in [0.3, 0.4) is 0 Å². The Kier molecular flexibility index (Phi) is 4.41. The first kappa shape index (κ1) is 17.3. The highest BCUT2D eigenvalue weighted by Crippen LogP contribution is 2.41. The molecule has 0 bridgehead atoms. The molecule has 0 aliphatic carbocycles. The molecule has 4 rings (SSSR count). The van der Waals surface area contributed by atoms with E-state index in [4.69, 9.17) is 4.74 Å². The van der Waals surface area contributed by atoms with Crippen LogP contribution >= 0.6 is 11.3 Å². The lowest BCUT2D eigenvalue weighted by Gasteiger charge is -2.23. The predicted molar refractivity (Wildman–Crippen MR) is 105 cm³/mol. The summed E-state index contributed by atoms with van der Waals surface area (Å²) >= 11 is 1.45. The minimum absolute atomic E-state index is 0.0635. The fraction of sp³-hybridized carbons (Fsp3) is 0.211. The van der Waals surface area contributed by atoms with Gasteiger partial charge >= 0.3 is 0 Å². The fourth-order valence-corrected chi connectivity index (χ4v) is 4.42. The van der Waals surface area contributed by atoms with Gasteiger partial charge in [0.25, 0.3) is 11.6 Å². The number of rotatable bonds is 4. The molecule has 0 saturated carbocycles. The summed E-state index contributed by atoms with van der Waals surface area (Å²) in [5.74, 6) is 0.634. The Bertz CT molecular complexity index is 1050. The average molecular weight is 383 g/mol. The molecule has 0 radical (unpaired) electrons. The van der Waals surface area contributed by atoms with Gasteiger partial charge in [0.2, 0.25) is 0 Å². The van der Waals surface area contributed by atoms with Crippen molar-refractivity contribution in [1.29, 1.82) is 0 Å². The van der Waals surface area contributed by atoms with Crippen molar-refractivity contribution in [2.24, 2.45) is 0 Å². The maximum Gasteiger partial charge on any atom is 0.269 e. The number of nitrogens with zero attached hydrogens (tertiary/aromatic N) is 2.